The predicted octanol–water partition coefficient (Wildman–Crippen LogP) is 2.06. The normalized spacial score (nSPS) is 10.6. The molecule has 0 radical (unpaired) electrons. The fraction of sp³-hybridized carbons (Fsp3) is 0.467. The molecule has 0 aliphatic rings. The molecule has 0 bridgehead atoms. The van der Waals surface area contributed by atoms with Crippen LogP contribution < -0.4 is 0 Å². The van der Waals surface area contributed by atoms with Crippen LogP contribution in [0, 0.1) is 0 Å². The van der Waals surface area contributed by atoms with Gasteiger partial charge >= 0.3 is 5.97 Å². The highest BCUT2D eigenvalue weighted by atomic mass is 32.1. The average Bonchev–Trinajstić information content (AvgIpc) is 2.90. The molecule has 116 valence electrons. The second-order valence-electron chi connectivity index (χ2n) is 4.88. The van der Waals surface area contributed by atoms with Crippen molar-refractivity contribution in [2.75, 3.05) is 26.7 Å². The minimum atomic E-state index is -0.805. The molecular weight excluding hydrogens is 288 g/mol. The lowest BCUT2D eigenvalue weighted by Crippen LogP contribution is -2.39. The smallest absolute Gasteiger partial charge is 0.303 e. The van der Waals surface area contributed by atoms with Gasteiger partial charge in [-0.1, -0.05) is 12.1 Å². The summed E-state index contributed by atoms with van der Waals surface area (Å²) >= 11 is 1.62. The summed E-state index contributed by atoms with van der Waals surface area (Å²) in [7, 11) is 1.83. The number of aliphatic carboxylic acids is 1. The summed E-state index contributed by atoms with van der Waals surface area (Å²) in [5.74, 6) is -0.776. The molecule has 0 aliphatic heterocycles. The highest BCUT2D eigenvalue weighted by molar-refractivity contribution is 7.09. The van der Waals surface area contributed by atoms with Gasteiger partial charge in [-0.15, -0.1) is 17.9 Å². The van der Waals surface area contributed by atoms with Crippen LogP contribution in [0.3, 0.4) is 0 Å². The summed E-state index contributed by atoms with van der Waals surface area (Å²) in [5, 5.41) is 10.6. The minimum absolute atomic E-state index is 0.0288. The van der Waals surface area contributed by atoms with E-state index in [-0.39, 0.29) is 12.3 Å². The van der Waals surface area contributed by atoms with Crippen molar-refractivity contribution in [3.63, 3.8) is 0 Å². The van der Waals surface area contributed by atoms with Gasteiger partial charge < -0.3 is 10.0 Å². The maximum absolute atomic E-state index is 12.3. The van der Waals surface area contributed by atoms with Crippen LogP contribution >= 0.6 is 11.3 Å². The molecule has 0 spiro atoms. The van der Waals surface area contributed by atoms with Crippen LogP contribution in [0.25, 0.3) is 0 Å². The number of amides is 1. The van der Waals surface area contributed by atoms with E-state index in [1.807, 2.05) is 29.5 Å². The Morgan fingerprint density at radius 2 is 2.24 bits per heavy atom. The van der Waals surface area contributed by atoms with Crippen molar-refractivity contribution >= 4 is 23.2 Å². The molecule has 6 heteroatoms. The number of thiophene rings is 1. The Hall–Kier alpha value is -1.66. The summed E-state index contributed by atoms with van der Waals surface area (Å²) in [6.45, 7) is 5.68. The number of rotatable bonds is 10. The SMILES string of the molecule is C=CCN(Cc1cccs1)C(=O)CN(C)CCCC(=O)O. The third-order valence-corrected chi connectivity index (χ3v) is 3.83. The molecule has 0 atom stereocenters. The van der Waals surface area contributed by atoms with Gasteiger partial charge in [-0.05, 0) is 31.5 Å². The van der Waals surface area contributed by atoms with Gasteiger partial charge in [0.1, 0.15) is 0 Å². The van der Waals surface area contributed by atoms with E-state index in [1.165, 1.54) is 0 Å². The molecule has 0 unspecified atom stereocenters. The first-order valence-electron chi connectivity index (χ1n) is 6.84. The zero-order valence-corrected chi connectivity index (χ0v) is 13.1. The number of likely N-dealkylation sites (N-methyl/N-ethyl adjacent to an activating group) is 1. The third-order valence-electron chi connectivity index (χ3n) is 2.96. The van der Waals surface area contributed by atoms with Gasteiger partial charge in [0.2, 0.25) is 5.91 Å². The maximum Gasteiger partial charge on any atom is 0.303 e. The van der Waals surface area contributed by atoms with E-state index in [4.69, 9.17) is 5.11 Å². The zero-order valence-electron chi connectivity index (χ0n) is 12.3. The minimum Gasteiger partial charge on any atom is -0.481 e. The van der Waals surface area contributed by atoms with Crippen LogP contribution in [0.2, 0.25) is 0 Å². The van der Waals surface area contributed by atoms with Gasteiger partial charge in [-0.3, -0.25) is 14.5 Å². The molecule has 0 aliphatic carbocycles. The number of hydrogen-bond acceptors (Lipinski definition) is 4. The summed E-state index contributed by atoms with van der Waals surface area (Å²) in [6.07, 6.45) is 2.39. The highest BCUT2D eigenvalue weighted by Crippen LogP contribution is 2.12. The second kappa shape index (κ2) is 9.31. The molecule has 1 heterocycles. The van der Waals surface area contributed by atoms with E-state index in [2.05, 4.69) is 6.58 Å². The fourth-order valence-electron chi connectivity index (χ4n) is 1.91. The first-order chi connectivity index (χ1) is 10.0. The summed E-state index contributed by atoms with van der Waals surface area (Å²) in [4.78, 5) is 27.5. The van der Waals surface area contributed by atoms with Gasteiger partial charge in [0, 0.05) is 17.8 Å². The van der Waals surface area contributed by atoms with Crippen molar-refractivity contribution in [1.82, 2.24) is 9.80 Å². The maximum atomic E-state index is 12.3. The summed E-state index contributed by atoms with van der Waals surface area (Å²) in [5.41, 5.74) is 0. The Morgan fingerprint density at radius 1 is 1.48 bits per heavy atom. The zero-order chi connectivity index (χ0) is 15.7. The molecule has 1 rings (SSSR count). The predicted molar refractivity (Wildman–Crippen MR) is 84.3 cm³/mol. The third kappa shape index (κ3) is 7.06. The number of carbonyl (C=O) groups excluding carboxylic acids is 1. The Balaban J connectivity index is 2.44. The van der Waals surface area contributed by atoms with Gasteiger partial charge in [-0.25, -0.2) is 0 Å². The number of nitrogens with zero attached hydrogens (tertiary/aromatic N) is 2. The first-order valence-corrected chi connectivity index (χ1v) is 7.72. The number of hydrogen-bond donors (Lipinski definition) is 1. The van der Waals surface area contributed by atoms with Gasteiger partial charge in [-0.2, -0.15) is 0 Å². The van der Waals surface area contributed by atoms with Crippen molar-refractivity contribution < 1.29 is 14.7 Å². The van der Waals surface area contributed by atoms with Gasteiger partial charge in [0.15, 0.2) is 0 Å². The fourth-order valence-corrected chi connectivity index (χ4v) is 2.63. The van der Waals surface area contributed by atoms with E-state index >= 15 is 0 Å². The summed E-state index contributed by atoms with van der Waals surface area (Å²) < 4.78 is 0. The first kappa shape index (κ1) is 17.4. The largest absolute Gasteiger partial charge is 0.481 e. The number of carboxylic acid groups (broad SMARTS) is 1. The lowest BCUT2D eigenvalue weighted by Gasteiger charge is -2.24. The Morgan fingerprint density at radius 3 is 2.81 bits per heavy atom. The molecule has 0 saturated heterocycles. The van der Waals surface area contributed by atoms with Gasteiger partial charge in [0.05, 0.1) is 13.1 Å². The molecule has 0 aromatic carbocycles. The second-order valence-corrected chi connectivity index (χ2v) is 5.91. The molecule has 0 saturated carbocycles. The Bertz CT molecular complexity index is 459. The topological polar surface area (TPSA) is 60.9 Å². The lowest BCUT2D eigenvalue weighted by atomic mass is 10.3. The van der Waals surface area contributed by atoms with Crippen LogP contribution in [0.15, 0.2) is 30.2 Å². The highest BCUT2D eigenvalue weighted by Gasteiger charge is 2.15. The molecule has 1 aromatic rings. The van der Waals surface area contributed by atoms with E-state index in [1.54, 1.807) is 22.3 Å². The van der Waals surface area contributed by atoms with Crippen molar-refractivity contribution in [1.29, 1.82) is 0 Å². The van der Waals surface area contributed by atoms with Crippen molar-refractivity contribution in [2.24, 2.45) is 0 Å². The van der Waals surface area contributed by atoms with E-state index < -0.39 is 5.97 Å². The van der Waals surface area contributed by atoms with Crippen molar-refractivity contribution in [3.8, 4) is 0 Å². The molecule has 1 N–H and O–H groups in total. The molecular formula is C15H22N2O3S. The number of carbonyl (C=O) groups is 2. The molecule has 0 fully saturated rings. The molecule has 1 amide bonds. The molecule has 1 aromatic heterocycles. The molecule has 5 nitrogen and oxygen atoms in total. The summed E-state index contributed by atoms with van der Waals surface area (Å²) in [6, 6.07) is 3.97. The van der Waals surface area contributed by atoms with E-state index in [0.29, 0.717) is 32.6 Å². The number of carboxylic acids is 1. The van der Waals surface area contributed by atoms with Crippen molar-refractivity contribution in [3.05, 3.63) is 35.0 Å². The van der Waals surface area contributed by atoms with Crippen LogP contribution in [0.5, 0.6) is 0 Å². The Labute approximate surface area is 129 Å². The Kier molecular flexibility index (Phi) is 7.71. The van der Waals surface area contributed by atoms with Crippen LogP contribution in [0.4, 0.5) is 0 Å². The van der Waals surface area contributed by atoms with Crippen LogP contribution in [0.1, 0.15) is 17.7 Å². The average molecular weight is 310 g/mol. The monoisotopic (exact) mass is 310 g/mol. The van der Waals surface area contributed by atoms with Crippen LogP contribution in [-0.4, -0.2) is 53.5 Å². The van der Waals surface area contributed by atoms with Gasteiger partial charge in [0.25, 0.3) is 0 Å². The van der Waals surface area contributed by atoms with E-state index in [9.17, 15) is 9.59 Å². The standard InChI is InChI=1S/C15H22N2O3S/c1-3-8-17(11-13-6-5-10-21-13)14(18)12-16(2)9-4-7-15(19)20/h3,5-6,10H,1,4,7-9,11-12H2,2H3,(H,19,20). The van der Waals surface area contributed by atoms with Crippen molar-refractivity contribution in [2.45, 2.75) is 19.4 Å². The lowest BCUT2D eigenvalue weighted by molar-refractivity contribution is -0.137. The van der Waals surface area contributed by atoms with E-state index in [0.717, 1.165) is 4.88 Å². The van der Waals surface area contributed by atoms with Crippen LogP contribution in [-0.2, 0) is 16.1 Å². The quantitative estimate of drug-likeness (QED) is 0.672. The molecule has 21 heavy (non-hydrogen) atoms.